The van der Waals surface area contributed by atoms with Crippen LogP contribution in [-0.4, -0.2) is 17.9 Å². The first-order valence-electron chi connectivity index (χ1n) is 6.30. The first-order chi connectivity index (χ1) is 9.52. The number of methoxy groups -OCH3 is 1. The number of hydrogen-bond donors (Lipinski definition) is 0. The van der Waals surface area contributed by atoms with Crippen LogP contribution in [0.5, 0.6) is 5.75 Å². The molecule has 0 aliphatic carbocycles. The summed E-state index contributed by atoms with van der Waals surface area (Å²) in [5.74, 6) is 0.852. The number of ketones is 1. The lowest BCUT2D eigenvalue weighted by Gasteiger charge is -2.11. The summed E-state index contributed by atoms with van der Waals surface area (Å²) in [4.78, 5) is 16.7. The van der Waals surface area contributed by atoms with Crippen LogP contribution in [0.2, 0.25) is 0 Å². The van der Waals surface area contributed by atoms with Crippen molar-refractivity contribution in [1.82, 2.24) is 4.98 Å². The average molecular weight is 334 g/mol. The van der Waals surface area contributed by atoms with E-state index in [0.717, 1.165) is 27.0 Å². The number of benzene rings is 1. The Labute approximate surface area is 127 Å². The second-order valence-corrected chi connectivity index (χ2v) is 5.57. The molecule has 0 fully saturated rings. The summed E-state index contributed by atoms with van der Waals surface area (Å²) in [7, 11) is 1.63. The van der Waals surface area contributed by atoms with E-state index < -0.39 is 0 Å². The van der Waals surface area contributed by atoms with Gasteiger partial charge in [-0.3, -0.25) is 9.78 Å². The van der Waals surface area contributed by atoms with Gasteiger partial charge in [-0.05, 0) is 26.0 Å². The number of hydrogen-bond acceptors (Lipinski definition) is 3. The lowest BCUT2D eigenvalue weighted by molar-refractivity contribution is 0.0991. The second kappa shape index (κ2) is 6.18. The quantitative estimate of drug-likeness (QED) is 0.796. The first-order valence-corrected chi connectivity index (χ1v) is 7.10. The van der Waals surface area contributed by atoms with Crippen LogP contribution < -0.4 is 4.74 Å². The molecular formula is C16H16BrNO2. The van der Waals surface area contributed by atoms with Crippen molar-refractivity contribution in [2.45, 2.75) is 20.3 Å². The Morgan fingerprint density at radius 2 is 2.10 bits per heavy atom. The predicted octanol–water partition coefficient (Wildman–Crippen LogP) is 3.89. The third-order valence-corrected chi connectivity index (χ3v) is 3.72. The normalized spacial score (nSPS) is 10.4. The highest BCUT2D eigenvalue weighted by Gasteiger charge is 2.14. The molecule has 0 unspecified atom stereocenters. The van der Waals surface area contributed by atoms with Gasteiger partial charge in [0, 0.05) is 27.4 Å². The maximum absolute atomic E-state index is 12.3. The highest BCUT2D eigenvalue weighted by molar-refractivity contribution is 9.10. The van der Waals surface area contributed by atoms with Gasteiger partial charge in [-0.25, -0.2) is 0 Å². The van der Waals surface area contributed by atoms with E-state index in [4.69, 9.17) is 4.74 Å². The standard InChI is InChI=1S/C16H16BrNO2/c1-10-9-18-14(11(2)16(10)20-3)8-15(19)12-5-4-6-13(17)7-12/h4-7,9H,8H2,1-3H3. The van der Waals surface area contributed by atoms with Crippen LogP contribution in [0.4, 0.5) is 0 Å². The summed E-state index contributed by atoms with van der Waals surface area (Å²) in [6.07, 6.45) is 2.02. The number of ether oxygens (including phenoxy) is 1. The Bertz CT molecular complexity index is 653. The van der Waals surface area contributed by atoms with Crippen molar-refractivity contribution in [3.8, 4) is 5.75 Å². The van der Waals surface area contributed by atoms with Gasteiger partial charge in [-0.2, -0.15) is 0 Å². The Hall–Kier alpha value is -1.68. The van der Waals surface area contributed by atoms with Crippen molar-refractivity contribution in [2.75, 3.05) is 7.11 Å². The van der Waals surface area contributed by atoms with Crippen LogP contribution in [0.3, 0.4) is 0 Å². The van der Waals surface area contributed by atoms with Crippen LogP contribution >= 0.6 is 15.9 Å². The lowest BCUT2D eigenvalue weighted by atomic mass is 10.0. The van der Waals surface area contributed by atoms with Crippen molar-refractivity contribution in [1.29, 1.82) is 0 Å². The fourth-order valence-electron chi connectivity index (χ4n) is 2.17. The van der Waals surface area contributed by atoms with Crippen molar-refractivity contribution < 1.29 is 9.53 Å². The van der Waals surface area contributed by atoms with Gasteiger partial charge < -0.3 is 4.74 Å². The van der Waals surface area contributed by atoms with Gasteiger partial charge >= 0.3 is 0 Å². The van der Waals surface area contributed by atoms with Crippen LogP contribution in [0.1, 0.15) is 27.2 Å². The third-order valence-electron chi connectivity index (χ3n) is 3.22. The molecule has 3 nitrogen and oxygen atoms in total. The van der Waals surface area contributed by atoms with Crippen LogP contribution in [0.25, 0.3) is 0 Å². The van der Waals surface area contributed by atoms with Crippen molar-refractivity contribution in [3.63, 3.8) is 0 Å². The first kappa shape index (κ1) is 14.7. The zero-order chi connectivity index (χ0) is 14.7. The van der Waals surface area contributed by atoms with Crippen LogP contribution in [0.15, 0.2) is 34.9 Å². The summed E-state index contributed by atoms with van der Waals surface area (Å²) < 4.78 is 6.26. The van der Waals surface area contributed by atoms with Crippen molar-refractivity contribution in [3.05, 3.63) is 57.3 Å². The minimum Gasteiger partial charge on any atom is -0.496 e. The van der Waals surface area contributed by atoms with Gasteiger partial charge in [-0.1, -0.05) is 28.1 Å². The topological polar surface area (TPSA) is 39.2 Å². The number of aromatic nitrogens is 1. The molecule has 2 rings (SSSR count). The zero-order valence-electron chi connectivity index (χ0n) is 11.7. The highest BCUT2D eigenvalue weighted by atomic mass is 79.9. The summed E-state index contributed by atoms with van der Waals surface area (Å²) >= 11 is 3.37. The molecule has 0 saturated heterocycles. The number of carbonyl (C=O) groups is 1. The minimum absolute atomic E-state index is 0.0489. The summed E-state index contributed by atoms with van der Waals surface area (Å²) in [6, 6.07) is 7.39. The summed E-state index contributed by atoms with van der Waals surface area (Å²) in [6.45, 7) is 3.88. The number of nitrogens with zero attached hydrogens (tertiary/aromatic N) is 1. The van der Waals surface area contributed by atoms with Gasteiger partial charge in [-0.15, -0.1) is 0 Å². The van der Waals surface area contributed by atoms with Gasteiger partial charge in [0.25, 0.3) is 0 Å². The minimum atomic E-state index is 0.0489. The maximum atomic E-state index is 12.3. The Morgan fingerprint density at radius 1 is 1.35 bits per heavy atom. The number of rotatable bonds is 4. The molecular weight excluding hydrogens is 318 g/mol. The molecule has 0 amide bonds. The van der Waals surface area contributed by atoms with E-state index >= 15 is 0 Å². The molecule has 0 aliphatic rings. The molecule has 1 heterocycles. The smallest absolute Gasteiger partial charge is 0.168 e. The van der Waals surface area contributed by atoms with Gasteiger partial charge in [0.15, 0.2) is 5.78 Å². The van der Waals surface area contributed by atoms with Crippen molar-refractivity contribution in [2.24, 2.45) is 0 Å². The van der Waals surface area contributed by atoms with Crippen LogP contribution in [0, 0.1) is 13.8 Å². The van der Waals surface area contributed by atoms with E-state index in [1.54, 1.807) is 13.3 Å². The summed E-state index contributed by atoms with van der Waals surface area (Å²) in [5.41, 5.74) is 3.34. The van der Waals surface area contributed by atoms with E-state index in [1.165, 1.54) is 0 Å². The van der Waals surface area contributed by atoms with Crippen molar-refractivity contribution >= 4 is 21.7 Å². The van der Waals surface area contributed by atoms with Gasteiger partial charge in [0.05, 0.1) is 19.2 Å². The highest BCUT2D eigenvalue weighted by Crippen LogP contribution is 2.25. The number of pyridine rings is 1. The fourth-order valence-corrected chi connectivity index (χ4v) is 2.56. The molecule has 20 heavy (non-hydrogen) atoms. The summed E-state index contributed by atoms with van der Waals surface area (Å²) in [5, 5.41) is 0. The Kier molecular flexibility index (Phi) is 4.55. The van der Waals surface area contributed by atoms with Gasteiger partial charge in [0.1, 0.15) is 5.75 Å². The predicted molar refractivity (Wildman–Crippen MR) is 82.4 cm³/mol. The van der Waals surface area contributed by atoms with E-state index in [2.05, 4.69) is 20.9 Å². The third kappa shape index (κ3) is 3.07. The number of Topliss-reactive ketones (excluding diaryl/α,β-unsaturated/α-hetero) is 1. The fraction of sp³-hybridized carbons (Fsp3) is 0.250. The molecule has 104 valence electrons. The molecule has 1 aromatic carbocycles. The Morgan fingerprint density at radius 3 is 2.75 bits per heavy atom. The maximum Gasteiger partial charge on any atom is 0.168 e. The monoisotopic (exact) mass is 333 g/mol. The molecule has 0 saturated carbocycles. The largest absolute Gasteiger partial charge is 0.496 e. The van der Waals surface area contributed by atoms with E-state index in [1.807, 2.05) is 38.1 Å². The second-order valence-electron chi connectivity index (χ2n) is 4.66. The molecule has 1 aromatic heterocycles. The lowest BCUT2D eigenvalue weighted by Crippen LogP contribution is -2.08. The van der Waals surface area contributed by atoms with Crippen LogP contribution in [-0.2, 0) is 6.42 Å². The number of halogens is 1. The zero-order valence-corrected chi connectivity index (χ0v) is 13.3. The number of aryl methyl sites for hydroxylation is 1. The molecule has 0 radical (unpaired) electrons. The molecule has 0 spiro atoms. The van der Waals surface area contributed by atoms with E-state index in [9.17, 15) is 4.79 Å². The number of carbonyl (C=O) groups excluding carboxylic acids is 1. The molecule has 0 bridgehead atoms. The molecule has 0 N–H and O–H groups in total. The molecule has 0 atom stereocenters. The molecule has 4 heteroatoms. The average Bonchev–Trinajstić information content (AvgIpc) is 2.42. The molecule has 2 aromatic rings. The SMILES string of the molecule is COc1c(C)cnc(CC(=O)c2cccc(Br)c2)c1C. The molecule has 0 aliphatic heterocycles. The van der Waals surface area contributed by atoms with E-state index in [-0.39, 0.29) is 12.2 Å². The van der Waals surface area contributed by atoms with Gasteiger partial charge in [0.2, 0.25) is 0 Å². The Balaban J connectivity index is 2.29. The van der Waals surface area contributed by atoms with E-state index in [0.29, 0.717) is 5.56 Å².